The third-order valence-corrected chi connectivity index (χ3v) is 4.16. The van der Waals surface area contributed by atoms with E-state index < -0.39 is 0 Å². The van der Waals surface area contributed by atoms with Crippen molar-refractivity contribution in [2.24, 2.45) is 0 Å². The second-order valence-electron chi connectivity index (χ2n) is 7.33. The van der Waals surface area contributed by atoms with Gasteiger partial charge in [-0.3, -0.25) is 4.79 Å². The average Bonchev–Trinajstić information content (AvgIpc) is 2.98. The van der Waals surface area contributed by atoms with Crippen LogP contribution in [0.3, 0.4) is 0 Å². The highest BCUT2D eigenvalue weighted by Gasteiger charge is 2.24. The maximum Gasteiger partial charge on any atom is 0.198 e. The summed E-state index contributed by atoms with van der Waals surface area (Å²) in [6.07, 6.45) is 1.67. The molecule has 3 rings (SSSR count). The lowest BCUT2D eigenvalue weighted by molar-refractivity contribution is -0.300. The SMILES string of the molecule is CCOOCc1c[nH]c2c(c(-c3ccc(C)cc3)nn2C(C)(C)C)c1=O. The first-order valence-corrected chi connectivity index (χ1v) is 8.78. The van der Waals surface area contributed by atoms with Crippen LogP contribution in [-0.2, 0) is 21.9 Å². The summed E-state index contributed by atoms with van der Waals surface area (Å²) in [6, 6.07) is 8.03. The zero-order valence-electron chi connectivity index (χ0n) is 15.9. The number of rotatable bonds is 5. The van der Waals surface area contributed by atoms with E-state index in [1.807, 2.05) is 42.8 Å². The number of H-pyrrole nitrogens is 1. The zero-order chi connectivity index (χ0) is 18.9. The second-order valence-corrected chi connectivity index (χ2v) is 7.33. The molecule has 0 saturated heterocycles. The van der Waals surface area contributed by atoms with Crippen molar-refractivity contribution in [3.8, 4) is 11.3 Å². The van der Waals surface area contributed by atoms with Gasteiger partial charge in [0.1, 0.15) is 17.9 Å². The fraction of sp³-hybridized carbons (Fsp3) is 0.400. The van der Waals surface area contributed by atoms with Gasteiger partial charge in [0.05, 0.1) is 17.5 Å². The maximum atomic E-state index is 13.1. The van der Waals surface area contributed by atoms with Crippen LogP contribution < -0.4 is 5.43 Å². The highest BCUT2D eigenvalue weighted by atomic mass is 17.2. The monoisotopic (exact) mass is 355 g/mol. The van der Waals surface area contributed by atoms with E-state index >= 15 is 0 Å². The number of aromatic amines is 1. The van der Waals surface area contributed by atoms with Gasteiger partial charge in [-0.2, -0.15) is 5.10 Å². The Hall–Kier alpha value is -2.44. The molecule has 0 fully saturated rings. The molecule has 26 heavy (non-hydrogen) atoms. The van der Waals surface area contributed by atoms with Crippen LogP contribution in [0.1, 0.15) is 38.8 Å². The Bertz CT molecular complexity index is 963. The lowest BCUT2D eigenvalue weighted by Crippen LogP contribution is -2.24. The summed E-state index contributed by atoms with van der Waals surface area (Å²) in [4.78, 5) is 26.3. The van der Waals surface area contributed by atoms with Crippen molar-refractivity contribution in [1.29, 1.82) is 0 Å². The Morgan fingerprint density at radius 3 is 2.46 bits per heavy atom. The molecule has 1 aromatic carbocycles. The van der Waals surface area contributed by atoms with Crippen molar-refractivity contribution in [3.05, 3.63) is 51.8 Å². The molecule has 2 heterocycles. The number of hydrogen-bond donors (Lipinski definition) is 1. The van der Waals surface area contributed by atoms with Gasteiger partial charge >= 0.3 is 0 Å². The molecule has 0 unspecified atom stereocenters. The first-order valence-electron chi connectivity index (χ1n) is 8.78. The summed E-state index contributed by atoms with van der Waals surface area (Å²) in [5, 5.41) is 5.34. The van der Waals surface area contributed by atoms with E-state index in [9.17, 15) is 4.79 Å². The summed E-state index contributed by atoms with van der Waals surface area (Å²) >= 11 is 0. The van der Waals surface area contributed by atoms with Crippen molar-refractivity contribution in [2.75, 3.05) is 6.61 Å². The van der Waals surface area contributed by atoms with E-state index in [0.29, 0.717) is 28.9 Å². The molecule has 0 spiro atoms. The van der Waals surface area contributed by atoms with E-state index in [0.717, 1.165) is 11.1 Å². The van der Waals surface area contributed by atoms with Gasteiger partial charge in [0.15, 0.2) is 5.43 Å². The first-order chi connectivity index (χ1) is 12.3. The lowest BCUT2D eigenvalue weighted by atomic mass is 10.1. The largest absolute Gasteiger partial charge is 0.346 e. The van der Waals surface area contributed by atoms with Crippen molar-refractivity contribution >= 4 is 11.0 Å². The van der Waals surface area contributed by atoms with Gasteiger partial charge < -0.3 is 4.98 Å². The van der Waals surface area contributed by atoms with Crippen molar-refractivity contribution in [3.63, 3.8) is 0 Å². The molecule has 0 aliphatic rings. The van der Waals surface area contributed by atoms with Crippen LogP contribution in [0.4, 0.5) is 0 Å². The Balaban J connectivity index is 2.23. The van der Waals surface area contributed by atoms with Gasteiger partial charge in [-0.15, -0.1) is 0 Å². The van der Waals surface area contributed by atoms with Crippen LogP contribution >= 0.6 is 0 Å². The smallest absolute Gasteiger partial charge is 0.198 e. The zero-order valence-corrected chi connectivity index (χ0v) is 15.9. The standard InChI is InChI=1S/C20H25N3O3/c1-6-25-26-12-15-11-21-19-16(18(15)24)17(22-23(19)20(3,4)5)14-9-7-13(2)8-10-14/h7-11H,6,12H2,1-5H3,(H,21,24). The van der Waals surface area contributed by atoms with Crippen LogP contribution in [-0.4, -0.2) is 21.4 Å². The van der Waals surface area contributed by atoms with Crippen LogP contribution in [0.2, 0.25) is 0 Å². The Labute approximate surface area is 152 Å². The highest BCUT2D eigenvalue weighted by Crippen LogP contribution is 2.29. The number of benzene rings is 1. The fourth-order valence-corrected chi connectivity index (χ4v) is 2.84. The predicted octanol–water partition coefficient (Wildman–Crippen LogP) is 3.92. The summed E-state index contributed by atoms with van der Waals surface area (Å²) in [7, 11) is 0. The lowest BCUT2D eigenvalue weighted by Gasteiger charge is -2.20. The van der Waals surface area contributed by atoms with Gasteiger partial charge in [0.25, 0.3) is 0 Å². The summed E-state index contributed by atoms with van der Waals surface area (Å²) in [5.41, 5.74) is 3.60. The molecule has 0 aliphatic heterocycles. The van der Waals surface area contributed by atoms with Crippen LogP contribution in [0.15, 0.2) is 35.3 Å². The molecule has 6 heteroatoms. The topological polar surface area (TPSA) is 69.1 Å². The minimum atomic E-state index is -0.270. The summed E-state index contributed by atoms with van der Waals surface area (Å²) in [5.74, 6) is 0. The molecular weight excluding hydrogens is 330 g/mol. The quantitative estimate of drug-likeness (QED) is 0.428. The Morgan fingerprint density at radius 1 is 1.15 bits per heavy atom. The molecule has 3 aromatic rings. The molecule has 0 radical (unpaired) electrons. The van der Waals surface area contributed by atoms with E-state index in [2.05, 4.69) is 25.8 Å². The molecule has 2 aromatic heterocycles. The van der Waals surface area contributed by atoms with E-state index in [1.54, 1.807) is 6.20 Å². The average molecular weight is 355 g/mol. The molecular formula is C20H25N3O3. The van der Waals surface area contributed by atoms with Gasteiger partial charge in [-0.1, -0.05) is 29.8 Å². The van der Waals surface area contributed by atoms with Crippen LogP contribution in [0.25, 0.3) is 22.3 Å². The normalized spacial score (nSPS) is 12.0. The van der Waals surface area contributed by atoms with Crippen LogP contribution in [0, 0.1) is 6.92 Å². The minimum absolute atomic E-state index is 0.0904. The Morgan fingerprint density at radius 2 is 1.85 bits per heavy atom. The first kappa shape index (κ1) is 18.4. The number of fused-ring (bicyclic) bond motifs is 1. The number of pyridine rings is 1. The molecule has 138 valence electrons. The third kappa shape index (κ3) is 3.43. The summed E-state index contributed by atoms with van der Waals surface area (Å²) in [6.45, 7) is 10.6. The van der Waals surface area contributed by atoms with Gasteiger partial charge in [0.2, 0.25) is 0 Å². The van der Waals surface area contributed by atoms with Gasteiger partial charge in [0, 0.05) is 17.3 Å². The molecule has 1 N–H and O–H groups in total. The van der Waals surface area contributed by atoms with Crippen molar-refractivity contribution in [1.82, 2.24) is 14.8 Å². The maximum absolute atomic E-state index is 13.1. The van der Waals surface area contributed by atoms with E-state index in [4.69, 9.17) is 14.9 Å². The summed E-state index contributed by atoms with van der Waals surface area (Å²) < 4.78 is 1.87. The van der Waals surface area contributed by atoms with E-state index in [-0.39, 0.29) is 17.6 Å². The number of hydrogen-bond acceptors (Lipinski definition) is 4. The predicted molar refractivity (Wildman–Crippen MR) is 102 cm³/mol. The molecule has 6 nitrogen and oxygen atoms in total. The molecule has 0 atom stereocenters. The van der Waals surface area contributed by atoms with Gasteiger partial charge in [-0.05, 0) is 34.6 Å². The number of nitrogens with one attached hydrogen (secondary N) is 1. The van der Waals surface area contributed by atoms with E-state index in [1.165, 1.54) is 0 Å². The highest BCUT2D eigenvalue weighted by molar-refractivity contribution is 5.91. The third-order valence-electron chi connectivity index (χ3n) is 4.16. The number of aromatic nitrogens is 3. The molecule has 0 aliphatic carbocycles. The number of nitrogens with zero attached hydrogens (tertiary/aromatic N) is 2. The van der Waals surface area contributed by atoms with Crippen molar-refractivity contribution in [2.45, 2.75) is 46.8 Å². The number of aryl methyl sites for hydroxylation is 1. The molecule has 0 bridgehead atoms. The van der Waals surface area contributed by atoms with Gasteiger partial charge in [-0.25, -0.2) is 14.5 Å². The van der Waals surface area contributed by atoms with Crippen LogP contribution in [0.5, 0.6) is 0 Å². The molecule has 0 amide bonds. The Kier molecular flexibility index (Phi) is 4.98. The minimum Gasteiger partial charge on any atom is -0.346 e. The molecule has 0 saturated carbocycles. The van der Waals surface area contributed by atoms with Crippen molar-refractivity contribution < 1.29 is 9.78 Å². The second kappa shape index (κ2) is 7.05. The fourth-order valence-electron chi connectivity index (χ4n) is 2.84.